The number of aliphatic imine (C=N–C) groups is 1. The summed E-state index contributed by atoms with van der Waals surface area (Å²) in [5, 5.41) is 3.40. The normalized spacial score (nSPS) is 21.0. The SMILES string of the molecule is CCNC(=NCC(OC)C(C)(C)C)N1CCN(CC(=O)N2CCOCC2)CC1. The van der Waals surface area contributed by atoms with E-state index in [1.807, 2.05) is 4.90 Å². The lowest BCUT2D eigenvalue weighted by molar-refractivity contribution is -0.136. The Morgan fingerprint density at radius 1 is 1.11 bits per heavy atom. The molecule has 0 aliphatic carbocycles. The van der Waals surface area contributed by atoms with Crippen LogP contribution in [0.5, 0.6) is 0 Å². The molecule has 0 radical (unpaired) electrons. The van der Waals surface area contributed by atoms with Crippen molar-refractivity contribution in [3.63, 3.8) is 0 Å². The molecule has 2 rings (SSSR count). The zero-order chi connectivity index (χ0) is 20.6. The molecule has 0 bridgehead atoms. The maximum atomic E-state index is 12.5. The van der Waals surface area contributed by atoms with Crippen molar-refractivity contribution in [3.8, 4) is 0 Å². The molecule has 0 aromatic carbocycles. The zero-order valence-electron chi connectivity index (χ0n) is 18.4. The second kappa shape index (κ2) is 11.0. The van der Waals surface area contributed by atoms with Crippen molar-refractivity contribution in [2.45, 2.75) is 33.8 Å². The minimum Gasteiger partial charge on any atom is -0.379 e. The highest BCUT2D eigenvalue weighted by Crippen LogP contribution is 2.22. The molecule has 1 N–H and O–H groups in total. The molecule has 2 saturated heterocycles. The Balaban J connectivity index is 1.85. The van der Waals surface area contributed by atoms with E-state index in [1.165, 1.54) is 0 Å². The van der Waals surface area contributed by atoms with Crippen LogP contribution in [0.2, 0.25) is 0 Å². The van der Waals surface area contributed by atoms with Crippen LogP contribution in [0.25, 0.3) is 0 Å². The molecule has 8 heteroatoms. The van der Waals surface area contributed by atoms with E-state index in [4.69, 9.17) is 14.5 Å². The van der Waals surface area contributed by atoms with Gasteiger partial charge in [0.15, 0.2) is 5.96 Å². The van der Waals surface area contributed by atoms with Gasteiger partial charge in [-0.15, -0.1) is 0 Å². The van der Waals surface area contributed by atoms with Crippen LogP contribution in [0.1, 0.15) is 27.7 Å². The lowest BCUT2D eigenvalue weighted by Gasteiger charge is -2.37. The number of nitrogens with one attached hydrogen (secondary N) is 1. The smallest absolute Gasteiger partial charge is 0.236 e. The van der Waals surface area contributed by atoms with Crippen molar-refractivity contribution >= 4 is 11.9 Å². The Bertz CT molecular complexity index is 506. The minimum absolute atomic E-state index is 0.0497. The molecule has 0 aromatic heterocycles. The Morgan fingerprint density at radius 2 is 1.75 bits per heavy atom. The summed E-state index contributed by atoms with van der Waals surface area (Å²) in [6.45, 7) is 16.8. The van der Waals surface area contributed by atoms with Crippen molar-refractivity contribution in [3.05, 3.63) is 0 Å². The van der Waals surface area contributed by atoms with E-state index in [0.717, 1.165) is 38.7 Å². The molecule has 8 nitrogen and oxygen atoms in total. The van der Waals surface area contributed by atoms with Gasteiger partial charge in [0.25, 0.3) is 0 Å². The van der Waals surface area contributed by atoms with Crippen LogP contribution in [-0.2, 0) is 14.3 Å². The lowest BCUT2D eigenvalue weighted by atomic mass is 9.89. The van der Waals surface area contributed by atoms with E-state index >= 15 is 0 Å². The largest absolute Gasteiger partial charge is 0.379 e. The Morgan fingerprint density at radius 3 is 2.29 bits per heavy atom. The predicted octanol–water partition coefficient (Wildman–Crippen LogP) is 0.489. The fraction of sp³-hybridized carbons (Fsp3) is 0.900. The molecule has 1 unspecified atom stereocenters. The van der Waals surface area contributed by atoms with Crippen molar-refractivity contribution < 1.29 is 14.3 Å². The third kappa shape index (κ3) is 6.90. The van der Waals surface area contributed by atoms with E-state index in [0.29, 0.717) is 39.4 Å². The summed E-state index contributed by atoms with van der Waals surface area (Å²) in [5.74, 6) is 1.15. The van der Waals surface area contributed by atoms with Gasteiger partial charge in [0.05, 0.1) is 32.4 Å². The van der Waals surface area contributed by atoms with E-state index in [-0.39, 0.29) is 17.4 Å². The first-order chi connectivity index (χ1) is 13.3. The summed E-state index contributed by atoms with van der Waals surface area (Å²) in [6.07, 6.45) is 0.0774. The van der Waals surface area contributed by atoms with Gasteiger partial charge >= 0.3 is 0 Å². The average Bonchev–Trinajstić information content (AvgIpc) is 2.68. The fourth-order valence-corrected chi connectivity index (χ4v) is 3.52. The molecular weight excluding hydrogens is 358 g/mol. The highest BCUT2D eigenvalue weighted by atomic mass is 16.5. The van der Waals surface area contributed by atoms with Gasteiger partial charge in [0, 0.05) is 52.9 Å². The van der Waals surface area contributed by atoms with Crippen molar-refractivity contribution in [2.75, 3.05) is 79.2 Å². The summed E-state index contributed by atoms with van der Waals surface area (Å²) in [7, 11) is 1.75. The Kier molecular flexibility index (Phi) is 8.98. The monoisotopic (exact) mass is 397 g/mol. The predicted molar refractivity (Wildman–Crippen MR) is 112 cm³/mol. The molecule has 0 saturated carbocycles. The van der Waals surface area contributed by atoms with Gasteiger partial charge in [-0.2, -0.15) is 0 Å². The summed E-state index contributed by atoms with van der Waals surface area (Å²) in [6, 6.07) is 0. The van der Waals surface area contributed by atoms with Crippen LogP contribution in [-0.4, -0.2) is 112 Å². The second-order valence-electron chi connectivity index (χ2n) is 8.54. The van der Waals surface area contributed by atoms with Crippen LogP contribution in [0.3, 0.4) is 0 Å². The molecule has 2 heterocycles. The molecule has 2 aliphatic heterocycles. The number of nitrogens with zero attached hydrogens (tertiary/aromatic N) is 4. The molecule has 28 heavy (non-hydrogen) atoms. The summed E-state index contributed by atoms with van der Waals surface area (Å²) in [4.78, 5) is 23.7. The van der Waals surface area contributed by atoms with E-state index in [1.54, 1.807) is 7.11 Å². The molecule has 0 spiro atoms. The van der Waals surface area contributed by atoms with Gasteiger partial charge in [0.1, 0.15) is 0 Å². The molecule has 162 valence electrons. The fourth-order valence-electron chi connectivity index (χ4n) is 3.52. The summed E-state index contributed by atoms with van der Waals surface area (Å²) >= 11 is 0. The van der Waals surface area contributed by atoms with Gasteiger partial charge < -0.3 is 24.6 Å². The first-order valence-corrected chi connectivity index (χ1v) is 10.5. The molecule has 1 amide bonds. The van der Waals surface area contributed by atoms with E-state index in [2.05, 4.69) is 42.8 Å². The number of morpholine rings is 1. The van der Waals surface area contributed by atoms with E-state index in [9.17, 15) is 4.79 Å². The van der Waals surface area contributed by atoms with Gasteiger partial charge in [-0.1, -0.05) is 20.8 Å². The van der Waals surface area contributed by atoms with Crippen molar-refractivity contribution in [1.29, 1.82) is 0 Å². The van der Waals surface area contributed by atoms with Crippen molar-refractivity contribution in [1.82, 2.24) is 20.0 Å². The van der Waals surface area contributed by atoms with Gasteiger partial charge in [-0.25, -0.2) is 0 Å². The second-order valence-corrected chi connectivity index (χ2v) is 8.54. The standard InChI is InChI=1S/C20H39N5O3/c1-6-21-19(22-15-17(27-5)20(2,3)4)25-9-7-23(8-10-25)16-18(26)24-11-13-28-14-12-24/h17H,6-16H2,1-5H3,(H,21,22). The zero-order valence-corrected chi connectivity index (χ0v) is 18.4. The number of hydrogen-bond acceptors (Lipinski definition) is 5. The summed E-state index contributed by atoms with van der Waals surface area (Å²) < 4.78 is 11.0. The maximum Gasteiger partial charge on any atom is 0.236 e. The highest BCUT2D eigenvalue weighted by Gasteiger charge is 2.26. The van der Waals surface area contributed by atoms with Crippen LogP contribution in [0, 0.1) is 5.41 Å². The third-order valence-corrected chi connectivity index (χ3v) is 5.39. The number of methoxy groups -OCH3 is 1. The third-order valence-electron chi connectivity index (χ3n) is 5.39. The Hall–Kier alpha value is -1.38. The van der Waals surface area contributed by atoms with Crippen LogP contribution < -0.4 is 5.32 Å². The Labute approximate surface area is 170 Å². The maximum absolute atomic E-state index is 12.5. The first kappa shape index (κ1) is 22.9. The van der Waals surface area contributed by atoms with Gasteiger partial charge in [0.2, 0.25) is 5.91 Å². The number of carbonyl (C=O) groups is 1. The minimum atomic E-state index is 0.0497. The number of piperazine rings is 1. The number of hydrogen-bond donors (Lipinski definition) is 1. The molecule has 2 fully saturated rings. The number of carbonyl (C=O) groups excluding carboxylic acids is 1. The lowest BCUT2D eigenvalue weighted by Crippen LogP contribution is -2.55. The van der Waals surface area contributed by atoms with Gasteiger partial charge in [-0.3, -0.25) is 14.7 Å². The topological polar surface area (TPSA) is 69.6 Å². The molecule has 2 aliphatic rings. The number of rotatable bonds is 6. The van der Waals surface area contributed by atoms with E-state index < -0.39 is 0 Å². The molecular formula is C20H39N5O3. The number of guanidine groups is 1. The molecule has 1 atom stereocenters. The van der Waals surface area contributed by atoms with Crippen LogP contribution in [0.15, 0.2) is 4.99 Å². The van der Waals surface area contributed by atoms with Crippen LogP contribution >= 0.6 is 0 Å². The first-order valence-electron chi connectivity index (χ1n) is 10.5. The number of ether oxygens (including phenoxy) is 2. The highest BCUT2D eigenvalue weighted by molar-refractivity contribution is 5.80. The quantitative estimate of drug-likeness (QED) is 0.520. The van der Waals surface area contributed by atoms with Crippen LogP contribution in [0.4, 0.5) is 0 Å². The van der Waals surface area contributed by atoms with Gasteiger partial charge in [-0.05, 0) is 12.3 Å². The molecule has 0 aromatic rings. The number of amides is 1. The summed E-state index contributed by atoms with van der Waals surface area (Å²) in [5.41, 5.74) is 0.0497. The average molecular weight is 398 g/mol. The van der Waals surface area contributed by atoms with Crippen molar-refractivity contribution in [2.24, 2.45) is 10.4 Å².